The molecule has 2 aliphatic heterocycles. The first-order valence-electron chi connectivity index (χ1n) is 12.2. The van der Waals surface area contributed by atoms with Gasteiger partial charge in [-0.05, 0) is 36.1 Å². The average Bonchev–Trinajstić information content (AvgIpc) is 3.19. The van der Waals surface area contributed by atoms with Gasteiger partial charge in [-0.1, -0.05) is 121 Å². The summed E-state index contributed by atoms with van der Waals surface area (Å²) in [5.74, 6) is -0.855. The zero-order valence-electron chi connectivity index (χ0n) is 20.3. The van der Waals surface area contributed by atoms with E-state index in [9.17, 15) is 0 Å². The molecule has 2 atom stereocenters. The Hall–Kier alpha value is -2.85. The van der Waals surface area contributed by atoms with Gasteiger partial charge >= 0.3 is 0 Å². The van der Waals surface area contributed by atoms with E-state index in [-0.39, 0.29) is 9.03 Å². The first-order chi connectivity index (χ1) is 17.6. The van der Waals surface area contributed by atoms with Gasteiger partial charge in [0.1, 0.15) is 12.2 Å². The normalized spacial score (nSPS) is 24.6. The molecule has 2 unspecified atom stereocenters. The lowest BCUT2D eigenvalue weighted by Gasteiger charge is -2.41. The van der Waals surface area contributed by atoms with Crippen LogP contribution in [0.3, 0.4) is 0 Å². The monoisotopic (exact) mass is 496 g/mol. The Morgan fingerprint density at radius 2 is 0.750 bits per heavy atom. The highest BCUT2D eigenvalue weighted by Crippen LogP contribution is 2.59. The highest BCUT2D eigenvalue weighted by molar-refractivity contribution is 7.26. The number of ether oxygens (including phenoxy) is 2. The molecular weight excluding hydrogens is 467 g/mol. The third-order valence-corrected chi connectivity index (χ3v) is 7.92. The molecule has 0 aliphatic carbocycles. The Balaban J connectivity index is 1.65. The molecule has 36 heavy (non-hydrogen) atoms. The third kappa shape index (κ3) is 3.73. The number of benzene rings is 4. The zero-order valence-corrected chi connectivity index (χ0v) is 21.3. The second-order valence-electron chi connectivity index (χ2n) is 9.70. The van der Waals surface area contributed by atoms with Gasteiger partial charge in [-0.15, -0.1) is 0 Å². The van der Waals surface area contributed by atoms with Crippen LogP contribution in [0, 0.1) is 0 Å². The number of hydrogen-bond donors (Lipinski definition) is 0. The largest absolute Gasteiger partial charge is 0.341 e. The molecule has 0 radical (unpaired) electrons. The fourth-order valence-electron chi connectivity index (χ4n) is 5.59. The molecule has 4 nitrogen and oxygen atoms in total. The van der Waals surface area contributed by atoms with Crippen LogP contribution in [0.5, 0.6) is 0 Å². The van der Waals surface area contributed by atoms with Crippen molar-refractivity contribution in [1.29, 1.82) is 0 Å². The van der Waals surface area contributed by atoms with Crippen LogP contribution in [0.15, 0.2) is 121 Å². The smallest absolute Gasteiger partial charge is 0.164 e. The van der Waals surface area contributed by atoms with E-state index in [0.717, 1.165) is 22.3 Å². The molecule has 0 N–H and O–H groups in total. The van der Waals surface area contributed by atoms with Crippen LogP contribution >= 0.6 is 9.03 Å². The van der Waals surface area contributed by atoms with E-state index in [0.29, 0.717) is 0 Å². The topological polar surface area (TPSA) is 36.9 Å². The molecule has 2 aliphatic rings. The second kappa shape index (κ2) is 9.23. The molecule has 6 rings (SSSR count). The maximum absolute atomic E-state index is 6.87. The lowest BCUT2D eigenvalue weighted by Crippen LogP contribution is -2.53. The highest BCUT2D eigenvalue weighted by Gasteiger charge is 2.65. The van der Waals surface area contributed by atoms with E-state index in [2.05, 4.69) is 48.5 Å². The quantitative estimate of drug-likeness (QED) is 0.287. The van der Waals surface area contributed by atoms with E-state index in [4.69, 9.17) is 18.5 Å². The molecule has 0 spiro atoms. The van der Waals surface area contributed by atoms with Crippen molar-refractivity contribution in [3.8, 4) is 0 Å². The Morgan fingerprint density at radius 1 is 0.472 bits per heavy atom. The molecule has 5 heteroatoms. The zero-order chi connectivity index (χ0) is 24.6. The summed E-state index contributed by atoms with van der Waals surface area (Å²) < 4.78 is 27.4. The summed E-state index contributed by atoms with van der Waals surface area (Å²) in [6.07, 6.45) is -1.01. The molecule has 4 aromatic carbocycles. The Kier molecular flexibility index (Phi) is 6.03. The van der Waals surface area contributed by atoms with Gasteiger partial charge in [0.2, 0.25) is 0 Å². The SMILES string of the molecule is CC1(C)OC2C(O1)C(c1ccccc1)(c1ccccc1)OPOC2(c1ccccc1)c1ccccc1. The van der Waals surface area contributed by atoms with Gasteiger partial charge in [-0.25, -0.2) is 0 Å². The standard InChI is InChI=1S/C31H29O4P/c1-29(2)32-27-28(33-29)31(25-19-11-5-12-20-25,26-21-13-6-14-22-26)35-36-34-30(27,23-15-7-3-8-16-23)24-17-9-4-10-18-24/h3-22,27-28,36H,1-2H3. The summed E-state index contributed by atoms with van der Waals surface area (Å²) >= 11 is 0. The summed E-state index contributed by atoms with van der Waals surface area (Å²) in [5, 5.41) is 0. The van der Waals surface area contributed by atoms with E-state index < -0.39 is 29.2 Å². The van der Waals surface area contributed by atoms with Crippen LogP contribution in [0.25, 0.3) is 0 Å². The number of hydrogen-bond acceptors (Lipinski definition) is 4. The van der Waals surface area contributed by atoms with Gasteiger partial charge in [-0.2, -0.15) is 0 Å². The van der Waals surface area contributed by atoms with Gasteiger partial charge < -0.3 is 18.5 Å². The van der Waals surface area contributed by atoms with E-state index >= 15 is 0 Å². The van der Waals surface area contributed by atoms with Crippen LogP contribution in [0.4, 0.5) is 0 Å². The van der Waals surface area contributed by atoms with Gasteiger partial charge in [0.25, 0.3) is 0 Å². The molecule has 0 aromatic heterocycles. The first kappa shape index (κ1) is 23.5. The van der Waals surface area contributed by atoms with Gasteiger partial charge in [0, 0.05) is 0 Å². The molecule has 0 amide bonds. The van der Waals surface area contributed by atoms with Crippen molar-refractivity contribution >= 4 is 9.03 Å². The van der Waals surface area contributed by atoms with Gasteiger partial charge in [0.05, 0.1) is 0 Å². The molecule has 2 saturated heterocycles. The third-order valence-electron chi connectivity index (χ3n) is 7.11. The molecule has 0 saturated carbocycles. The lowest BCUT2D eigenvalue weighted by atomic mass is 9.72. The summed E-state index contributed by atoms with van der Waals surface area (Å²) in [4.78, 5) is 0. The minimum Gasteiger partial charge on any atom is -0.341 e. The van der Waals surface area contributed by atoms with Gasteiger partial charge in [-0.3, -0.25) is 0 Å². The Morgan fingerprint density at radius 3 is 1.03 bits per heavy atom. The van der Waals surface area contributed by atoms with E-state index in [1.54, 1.807) is 0 Å². The van der Waals surface area contributed by atoms with E-state index in [1.807, 2.05) is 86.6 Å². The van der Waals surface area contributed by atoms with Crippen LogP contribution in [-0.2, 0) is 29.7 Å². The van der Waals surface area contributed by atoms with Crippen molar-refractivity contribution in [2.75, 3.05) is 0 Å². The Bertz CT molecular complexity index is 1120. The number of rotatable bonds is 4. The summed E-state index contributed by atoms with van der Waals surface area (Å²) in [5.41, 5.74) is 2.12. The fraction of sp³-hybridized carbons (Fsp3) is 0.226. The minimum absolute atomic E-state index is 0.270. The maximum atomic E-state index is 6.87. The predicted molar refractivity (Wildman–Crippen MR) is 142 cm³/mol. The maximum Gasteiger partial charge on any atom is 0.164 e. The van der Waals surface area contributed by atoms with Crippen molar-refractivity contribution in [2.24, 2.45) is 0 Å². The molecule has 4 aromatic rings. The predicted octanol–water partition coefficient (Wildman–Crippen LogP) is 6.95. The highest BCUT2D eigenvalue weighted by atomic mass is 31.1. The second-order valence-corrected chi connectivity index (χ2v) is 10.3. The molecular formula is C31H29O4P. The van der Waals surface area contributed by atoms with Crippen molar-refractivity contribution in [2.45, 2.75) is 43.0 Å². The minimum atomic E-state index is -0.940. The summed E-state index contributed by atoms with van der Waals surface area (Å²) in [7, 11) is -0.270. The van der Waals surface area contributed by atoms with Crippen LogP contribution < -0.4 is 0 Å². The molecule has 0 bridgehead atoms. The summed E-state index contributed by atoms with van der Waals surface area (Å²) in [6.45, 7) is 3.93. The fourth-order valence-corrected chi connectivity index (χ4v) is 6.60. The lowest BCUT2D eigenvalue weighted by molar-refractivity contribution is -0.173. The van der Waals surface area contributed by atoms with E-state index in [1.165, 1.54) is 0 Å². The molecule has 2 heterocycles. The van der Waals surface area contributed by atoms with Crippen LogP contribution in [-0.4, -0.2) is 18.0 Å². The van der Waals surface area contributed by atoms with Crippen LogP contribution in [0.2, 0.25) is 0 Å². The summed E-state index contributed by atoms with van der Waals surface area (Å²) in [6, 6.07) is 41.2. The average molecular weight is 497 g/mol. The molecule has 182 valence electrons. The number of fused-ring (bicyclic) bond motifs is 1. The van der Waals surface area contributed by atoms with Crippen LogP contribution in [0.1, 0.15) is 36.1 Å². The Labute approximate surface area is 214 Å². The van der Waals surface area contributed by atoms with Crippen molar-refractivity contribution in [3.63, 3.8) is 0 Å². The first-order valence-corrected chi connectivity index (χ1v) is 13.1. The van der Waals surface area contributed by atoms with Crippen molar-refractivity contribution < 1.29 is 18.5 Å². The molecule has 2 fully saturated rings. The van der Waals surface area contributed by atoms with Crippen molar-refractivity contribution in [3.05, 3.63) is 144 Å². The van der Waals surface area contributed by atoms with Crippen molar-refractivity contribution in [1.82, 2.24) is 0 Å². The van der Waals surface area contributed by atoms with Gasteiger partial charge in [0.15, 0.2) is 26.0 Å².